The van der Waals surface area contributed by atoms with Crippen LogP contribution in [0.5, 0.6) is 0 Å². The van der Waals surface area contributed by atoms with Crippen molar-refractivity contribution in [3.63, 3.8) is 0 Å². The van der Waals surface area contributed by atoms with E-state index >= 15 is 0 Å². The van der Waals surface area contributed by atoms with E-state index < -0.39 is 0 Å². The van der Waals surface area contributed by atoms with E-state index in [1.54, 1.807) is 0 Å². The number of aryl methyl sites for hydroxylation is 1. The average Bonchev–Trinajstić information content (AvgIpc) is 3.72. The summed E-state index contributed by atoms with van der Waals surface area (Å²) in [6, 6.07) is 45.4. The van der Waals surface area contributed by atoms with E-state index in [1.807, 2.05) is 60.7 Å². The summed E-state index contributed by atoms with van der Waals surface area (Å²) in [5.41, 5.74) is 9.81. The molecule has 189 valence electrons. The van der Waals surface area contributed by atoms with Gasteiger partial charge in [0.05, 0.1) is 33.1 Å². The fourth-order valence-electron chi connectivity index (χ4n) is 5.55. The molecule has 9 aromatic rings. The van der Waals surface area contributed by atoms with E-state index in [9.17, 15) is 0 Å². The molecule has 6 nitrogen and oxygen atoms in total. The Kier molecular flexibility index (Phi) is 6.03. The Morgan fingerprint density at radius 2 is 1.07 bits per heavy atom. The molecule has 0 atom stereocenters. The second-order valence-electron chi connectivity index (χ2n) is 9.51. The van der Waals surface area contributed by atoms with Crippen LogP contribution in [0.4, 0.5) is 0 Å². The third-order valence-corrected chi connectivity index (χ3v) is 7.28. The molecule has 0 saturated carbocycles. The first-order valence-electron chi connectivity index (χ1n) is 12.9. The number of fused-ring (bicyclic) bond motifs is 10. The molecule has 0 bridgehead atoms. The smallest absolute Gasteiger partial charge is 0.215 e. The summed E-state index contributed by atoms with van der Waals surface area (Å²) in [6.07, 6.45) is 0. The van der Waals surface area contributed by atoms with Crippen LogP contribution in [0.3, 0.4) is 0 Å². The monoisotopic (exact) mass is 591 g/mol. The van der Waals surface area contributed by atoms with Gasteiger partial charge >= 0.3 is 0 Å². The number of nitrogens with zero attached hydrogens (tertiary/aromatic N) is 6. The van der Waals surface area contributed by atoms with Crippen molar-refractivity contribution in [3.8, 4) is 5.69 Å². The predicted octanol–water partition coefficient (Wildman–Crippen LogP) is 7.01. The molecule has 0 spiro atoms. The third-order valence-electron chi connectivity index (χ3n) is 7.28. The Balaban J connectivity index is 0.000000133. The van der Waals surface area contributed by atoms with Crippen molar-refractivity contribution in [1.82, 2.24) is 27.9 Å². The Morgan fingerprint density at radius 3 is 1.77 bits per heavy atom. The Labute approximate surface area is 255 Å². The van der Waals surface area contributed by atoms with Gasteiger partial charge in [0.2, 0.25) is 11.6 Å². The summed E-state index contributed by atoms with van der Waals surface area (Å²) in [6.45, 7) is 0. The second kappa shape index (κ2) is 9.74. The standard InChI is InChI=1S/C19H11N3.C14H11N3.Y/c1-2-8-14(9-3-1)21-17-12-6-7-13-18(17)22-16-11-5-4-10-15(16)20-19(21)22;1-16-12-8-4-5-9-13(12)17-11-7-3-2-6-10(11)15-14(16)17;/h1-8,10-11,13H;2-9H,1H3;/q-2;;. The van der Waals surface area contributed by atoms with Gasteiger partial charge in [-0.2, -0.15) is 42.5 Å². The molecular formula is C33H22N6Y-2. The largest absolute Gasteiger partial charge is 0.332 e. The van der Waals surface area contributed by atoms with Crippen LogP contribution in [-0.2, 0) is 39.8 Å². The zero-order chi connectivity index (χ0) is 25.9. The number of aromatic nitrogens is 6. The molecule has 0 aliphatic heterocycles. The minimum absolute atomic E-state index is 0. The molecule has 0 amide bonds. The van der Waals surface area contributed by atoms with Gasteiger partial charge in [-0.15, -0.1) is 12.1 Å². The van der Waals surface area contributed by atoms with Crippen LogP contribution in [0.1, 0.15) is 0 Å². The number of para-hydroxylation sites is 8. The van der Waals surface area contributed by atoms with Gasteiger partial charge < -0.3 is 13.5 Å². The van der Waals surface area contributed by atoms with Crippen molar-refractivity contribution in [2.24, 2.45) is 7.05 Å². The van der Waals surface area contributed by atoms with Gasteiger partial charge in [0.15, 0.2) is 0 Å². The molecule has 1 radical (unpaired) electrons. The summed E-state index contributed by atoms with van der Waals surface area (Å²) >= 11 is 0. The van der Waals surface area contributed by atoms with Crippen molar-refractivity contribution in [1.29, 1.82) is 0 Å². The van der Waals surface area contributed by atoms with Gasteiger partial charge in [0.1, 0.15) is 0 Å². The fourth-order valence-corrected chi connectivity index (χ4v) is 5.55. The zero-order valence-electron chi connectivity index (χ0n) is 21.7. The summed E-state index contributed by atoms with van der Waals surface area (Å²) < 4.78 is 8.64. The molecule has 40 heavy (non-hydrogen) atoms. The maximum absolute atomic E-state index is 4.81. The molecule has 0 N–H and O–H groups in total. The SMILES string of the molecule is Cn1c2ccccc2n2c3ccccc3nc12.[Y].[c-]1ccccc1-n1c2[c-]cccc2n2c3ccccc3nc12. The van der Waals surface area contributed by atoms with E-state index in [4.69, 9.17) is 4.98 Å². The molecule has 7 heteroatoms. The van der Waals surface area contributed by atoms with E-state index in [2.05, 4.69) is 96.7 Å². The van der Waals surface area contributed by atoms with E-state index in [-0.39, 0.29) is 32.7 Å². The first-order valence-corrected chi connectivity index (χ1v) is 12.9. The third kappa shape index (κ3) is 3.64. The second-order valence-corrected chi connectivity index (χ2v) is 9.51. The van der Waals surface area contributed by atoms with E-state index in [0.717, 1.165) is 44.8 Å². The minimum atomic E-state index is 0. The topological polar surface area (TPSA) is 44.5 Å². The summed E-state index contributed by atoms with van der Waals surface area (Å²) in [4.78, 5) is 9.49. The summed E-state index contributed by atoms with van der Waals surface area (Å²) in [7, 11) is 2.06. The molecule has 5 aromatic carbocycles. The maximum atomic E-state index is 4.81. The minimum Gasteiger partial charge on any atom is -0.332 e. The van der Waals surface area contributed by atoms with Crippen LogP contribution in [0.25, 0.3) is 61.4 Å². The predicted molar refractivity (Wildman–Crippen MR) is 156 cm³/mol. The van der Waals surface area contributed by atoms with Gasteiger partial charge in [0.25, 0.3) is 0 Å². The van der Waals surface area contributed by atoms with Crippen molar-refractivity contribution < 1.29 is 32.7 Å². The summed E-state index contributed by atoms with van der Waals surface area (Å²) in [5.74, 6) is 1.88. The number of benzene rings is 5. The fraction of sp³-hybridized carbons (Fsp3) is 0.0303. The van der Waals surface area contributed by atoms with Crippen molar-refractivity contribution in [2.45, 2.75) is 0 Å². The van der Waals surface area contributed by atoms with Crippen LogP contribution in [0.15, 0.2) is 115 Å². The Bertz CT molecular complexity index is 2300. The van der Waals surface area contributed by atoms with Gasteiger partial charge in [-0.05, 0) is 47.4 Å². The quantitative estimate of drug-likeness (QED) is 0.193. The Morgan fingerprint density at radius 1 is 0.525 bits per heavy atom. The molecular weight excluding hydrogens is 569 g/mol. The van der Waals surface area contributed by atoms with Crippen molar-refractivity contribution in [3.05, 3.63) is 127 Å². The summed E-state index contributed by atoms with van der Waals surface area (Å²) in [5, 5.41) is 0. The van der Waals surface area contributed by atoms with Gasteiger partial charge in [-0.25, -0.2) is 9.97 Å². The van der Waals surface area contributed by atoms with Gasteiger partial charge in [-0.3, -0.25) is 4.40 Å². The van der Waals surface area contributed by atoms with Gasteiger partial charge in [-0.1, -0.05) is 42.1 Å². The number of hydrogen-bond donors (Lipinski definition) is 0. The van der Waals surface area contributed by atoms with Crippen LogP contribution in [-0.4, -0.2) is 27.9 Å². The Hall–Kier alpha value is -4.26. The molecule has 4 aromatic heterocycles. The van der Waals surface area contributed by atoms with Crippen LogP contribution < -0.4 is 0 Å². The first-order chi connectivity index (χ1) is 19.3. The number of rotatable bonds is 1. The molecule has 0 aliphatic rings. The number of imidazole rings is 4. The van der Waals surface area contributed by atoms with E-state index in [1.165, 1.54) is 16.6 Å². The zero-order valence-corrected chi connectivity index (χ0v) is 24.6. The van der Waals surface area contributed by atoms with Crippen LogP contribution in [0, 0.1) is 12.1 Å². The van der Waals surface area contributed by atoms with E-state index in [0.29, 0.717) is 0 Å². The van der Waals surface area contributed by atoms with Crippen LogP contribution >= 0.6 is 0 Å². The molecule has 0 fully saturated rings. The number of hydrogen-bond acceptors (Lipinski definition) is 2. The maximum Gasteiger partial charge on any atom is 0.215 e. The molecule has 0 aliphatic carbocycles. The molecule has 4 heterocycles. The van der Waals surface area contributed by atoms with Crippen molar-refractivity contribution in [2.75, 3.05) is 0 Å². The first kappa shape index (κ1) is 24.8. The van der Waals surface area contributed by atoms with Gasteiger partial charge in [0, 0.05) is 39.8 Å². The van der Waals surface area contributed by atoms with Crippen molar-refractivity contribution >= 4 is 55.7 Å². The van der Waals surface area contributed by atoms with Crippen LogP contribution in [0.2, 0.25) is 0 Å². The molecule has 9 rings (SSSR count). The normalized spacial score (nSPS) is 11.4. The molecule has 0 unspecified atom stereocenters. The molecule has 0 saturated heterocycles. The average molecular weight is 591 g/mol.